The maximum atomic E-state index is 13.5. The smallest absolute Gasteiger partial charge is 0.327 e. The largest absolute Gasteiger partial charge is 0.479 e. The van der Waals surface area contributed by atoms with E-state index in [2.05, 4.69) is 20.0 Å². The van der Waals surface area contributed by atoms with Crippen LogP contribution >= 0.6 is 18.1 Å². The van der Waals surface area contributed by atoms with Crippen LogP contribution in [0.25, 0.3) is 11.2 Å². The fourth-order valence-electron chi connectivity index (χ4n) is 4.65. The maximum absolute atomic E-state index is 13.5. The Labute approximate surface area is 233 Å². The molecule has 4 unspecified atom stereocenters. The molecular formula is C24H31N6O8PS. The highest BCUT2D eigenvalue weighted by atomic mass is 32.7. The van der Waals surface area contributed by atoms with Gasteiger partial charge >= 0.3 is 12.7 Å². The second-order valence-electron chi connectivity index (χ2n) is 9.70. The van der Waals surface area contributed by atoms with Crippen LogP contribution in [0, 0.1) is 0 Å². The fraction of sp³-hybridized carbons (Fsp3) is 0.500. The van der Waals surface area contributed by atoms with Crippen LogP contribution in [0.5, 0.6) is 5.88 Å². The van der Waals surface area contributed by atoms with Gasteiger partial charge in [0.25, 0.3) is 0 Å². The molecule has 2 fully saturated rings. The highest BCUT2D eigenvalue weighted by molar-refractivity contribution is 8.56. The standard InChI is InChI=1S/C24H31N6O8PS/c1-13(14-7-5-4-6-8-14)37-21(32)15-9-10-40-39(34,29-15)36-11-16-18(31)24(2,33)22(38-16)30-12-26-17-19(30)27-23(25)28-20(17)35-3/h4-8,12-13,15-16,18,22,31,33H,9-11H2,1-3H3,(H,29,34)(H2,25,27,28)/t13-,15?,16?,18-,22?,24-,39?/m1/s1. The highest BCUT2D eigenvalue weighted by Crippen LogP contribution is 2.59. The molecule has 2 saturated heterocycles. The van der Waals surface area contributed by atoms with Crippen LogP contribution in [0.4, 0.5) is 5.95 Å². The number of nitrogen functional groups attached to an aromatic ring is 1. The lowest BCUT2D eigenvalue weighted by Gasteiger charge is -2.30. The van der Waals surface area contributed by atoms with Gasteiger partial charge in [-0.3, -0.25) is 13.9 Å². The summed E-state index contributed by atoms with van der Waals surface area (Å²) in [5, 5.41) is 24.9. The molecule has 14 nitrogen and oxygen atoms in total. The lowest BCUT2D eigenvalue weighted by molar-refractivity contribution is -0.150. The predicted octanol–water partition coefficient (Wildman–Crippen LogP) is 1.95. The number of nitrogens with one attached hydrogen (secondary N) is 1. The van der Waals surface area contributed by atoms with E-state index < -0.39 is 48.9 Å². The number of aromatic nitrogens is 4. The van der Waals surface area contributed by atoms with Crippen molar-refractivity contribution in [2.24, 2.45) is 0 Å². The first-order chi connectivity index (χ1) is 19.0. The van der Waals surface area contributed by atoms with Crippen molar-refractivity contribution in [2.75, 3.05) is 25.2 Å². The molecule has 0 saturated carbocycles. The number of carbonyl (C=O) groups excluding carboxylic acids is 1. The van der Waals surface area contributed by atoms with Crippen molar-refractivity contribution in [3.63, 3.8) is 0 Å². The van der Waals surface area contributed by atoms with Crippen molar-refractivity contribution in [1.29, 1.82) is 0 Å². The Morgan fingerprint density at radius 1 is 1.38 bits per heavy atom. The lowest BCUT2D eigenvalue weighted by Crippen LogP contribution is -2.44. The van der Waals surface area contributed by atoms with Crippen molar-refractivity contribution in [1.82, 2.24) is 24.6 Å². The van der Waals surface area contributed by atoms with E-state index >= 15 is 0 Å². The van der Waals surface area contributed by atoms with Crippen LogP contribution in [0.1, 0.15) is 38.2 Å². The summed E-state index contributed by atoms with van der Waals surface area (Å²) in [6.45, 7) is -0.748. The topological polar surface area (TPSA) is 193 Å². The van der Waals surface area contributed by atoms with Crippen molar-refractivity contribution >= 4 is 41.2 Å². The van der Waals surface area contributed by atoms with E-state index in [0.29, 0.717) is 12.2 Å². The third kappa shape index (κ3) is 5.55. The first kappa shape index (κ1) is 28.7. The minimum Gasteiger partial charge on any atom is -0.479 e. The molecule has 5 rings (SSSR count). The Bertz CT molecular complexity index is 1430. The zero-order valence-electron chi connectivity index (χ0n) is 22.0. The Morgan fingerprint density at radius 3 is 2.85 bits per heavy atom. The quantitative estimate of drug-likeness (QED) is 0.218. The summed E-state index contributed by atoms with van der Waals surface area (Å²) in [7, 11) is 1.41. The summed E-state index contributed by atoms with van der Waals surface area (Å²) in [5.74, 6) is -0.0791. The third-order valence-corrected chi connectivity index (χ3v) is 10.9. The van der Waals surface area contributed by atoms with Gasteiger partial charge in [0.2, 0.25) is 11.8 Å². The lowest BCUT2D eigenvalue weighted by atomic mass is 9.96. The van der Waals surface area contributed by atoms with E-state index in [9.17, 15) is 19.6 Å². The number of hydrogen-bond donors (Lipinski definition) is 4. The predicted molar refractivity (Wildman–Crippen MR) is 145 cm³/mol. The first-order valence-corrected chi connectivity index (χ1v) is 15.8. The molecule has 40 heavy (non-hydrogen) atoms. The van der Waals surface area contributed by atoms with Crippen LogP contribution < -0.4 is 15.6 Å². The number of imidazole rings is 1. The number of aliphatic hydroxyl groups excluding tert-OH is 1. The number of benzene rings is 1. The Kier molecular flexibility index (Phi) is 8.08. The van der Waals surface area contributed by atoms with E-state index in [4.69, 9.17) is 24.5 Å². The maximum Gasteiger partial charge on any atom is 0.327 e. The van der Waals surface area contributed by atoms with Gasteiger partial charge in [0.1, 0.15) is 30.0 Å². The molecule has 3 aromatic rings. The van der Waals surface area contributed by atoms with E-state index in [-0.39, 0.29) is 29.6 Å². The normalized spacial score (nSPS) is 31.2. The molecule has 7 atom stereocenters. The minimum absolute atomic E-state index is 0.0751. The number of ether oxygens (including phenoxy) is 3. The number of anilines is 1. The van der Waals surface area contributed by atoms with E-state index in [1.165, 1.54) is 24.9 Å². The van der Waals surface area contributed by atoms with Gasteiger partial charge < -0.3 is 34.7 Å². The summed E-state index contributed by atoms with van der Waals surface area (Å²) in [6.07, 6.45) is -2.35. The van der Waals surface area contributed by atoms with Gasteiger partial charge in [0.05, 0.1) is 20.0 Å². The minimum atomic E-state index is -3.58. The van der Waals surface area contributed by atoms with E-state index in [0.717, 1.165) is 16.9 Å². The van der Waals surface area contributed by atoms with Crippen molar-refractivity contribution in [3.05, 3.63) is 42.2 Å². The van der Waals surface area contributed by atoms with Gasteiger partial charge in [-0.15, -0.1) is 0 Å². The van der Waals surface area contributed by atoms with Crippen molar-refractivity contribution < 1.29 is 38.3 Å². The number of esters is 1. The van der Waals surface area contributed by atoms with Gasteiger partial charge in [-0.25, -0.2) is 10.1 Å². The molecule has 0 amide bonds. The molecule has 4 heterocycles. The molecule has 2 aromatic heterocycles. The number of nitrogens with zero attached hydrogens (tertiary/aromatic N) is 4. The van der Waals surface area contributed by atoms with Gasteiger partial charge in [-0.2, -0.15) is 9.97 Å². The zero-order chi connectivity index (χ0) is 28.7. The van der Waals surface area contributed by atoms with Gasteiger partial charge in [0, 0.05) is 5.75 Å². The van der Waals surface area contributed by atoms with E-state index in [1.807, 2.05) is 30.3 Å². The number of fused-ring (bicyclic) bond motifs is 1. The number of methoxy groups -OCH3 is 1. The Balaban J connectivity index is 1.25. The molecule has 0 spiro atoms. The summed E-state index contributed by atoms with van der Waals surface area (Å²) >= 11 is 1.05. The average Bonchev–Trinajstić information content (AvgIpc) is 3.45. The third-order valence-electron chi connectivity index (χ3n) is 6.84. The average molecular weight is 595 g/mol. The highest BCUT2D eigenvalue weighted by Gasteiger charge is 2.54. The van der Waals surface area contributed by atoms with E-state index in [1.54, 1.807) is 6.92 Å². The van der Waals surface area contributed by atoms with Crippen molar-refractivity contribution in [2.45, 2.75) is 56.5 Å². The van der Waals surface area contributed by atoms with Gasteiger partial charge in [0.15, 0.2) is 17.4 Å². The summed E-state index contributed by atoms with van der Waals surface area (Å²) in [4.78, 5) is 25.2. The second kappa shape index (κ2) is 11.2. The molecular weight excluding hydrogens is 563 g/mol. The molecule has 0 radical (unpaired) electrons. The Hall–Kier alpha value is -2.78. The van der Waals surface area contributed by atoms with Gasteiger partial charge in [-0.05, 0) is 25.8 Å². The number of rotatable bonds is 8. The molecule has 0 aliphatic carbocycles. The molecule has 1 aromatic carbocycles. The second-order valence-corrected chi connectivity index (χ2v) is 14.1. The summed E-state index contributed by atoms with van der Waals surface area (Å²) < 4.78 is 37.4. The summed E-state index contributed by atoms with van der Waals surface area (Å²) in [6, 6.07) is 8.46. The Morgan fingerprint density at radius 2 is 2.12 bits per heavy atom. The molecule has 2 aliphatic heterocycles. The monoisotopic (exact) mass is 594 g/mol. The first-order valence-electron chi connectivity index (χ1n) is 12.5. The molecule has 5 N–H and O–H groups in total. The van der Waals surface area contributed by atoms with Gasteiger partial charge in [-0.1, -0.05) is 41.7 Å². The van der Waals surface area contributed by atoms with Crippen LogP contribution in [0.2, 0.25) is 0 Å². The number of nitrogens with two attached hydrogens (primary N) is 1. The summed E-state index contributed by atoms with van der Waals surface area (Å²) in [5.41, 5.74) is 5.34. The molecule has 0 bridgehead atoms. The molecule has 16 heteroatoms. The number of carbonyl (C=O) groups is 1. The molecule has 216 valence electrons. The fourth-order valence-corrected chi connectivity index (χ4v) is 8.46. The van der Waals surface area contributed by atoms with Crippen LogP contribution in [-0.2, 0) is 23.4 Å². The van der Waals surface area contributed by atoms with Crippen LogP contribution in [0.3, 0.4) is 0 Å². The van der Waals surface area contributed by atoms with Crippen molar-refractivity contribution in [3.8, 4) is 5.88 Å². The van der Waals surface area contributed by atoms with Crippen LogP contribution in [0.15, 0.2) is 36.7 Å². The zero-order valence-corrected chi connectivity index (χ0v) is 23.7. The number of hydrogen-bond acceptors (Lipinski definition) is 13. The van der Waals surface area contributed by atoms with Crippen LogP contribution in [-0.4, -0.2) is 79.0 Å². The molecule has 2 aliphatic rings. The SMILES string of the molecule is COc1nc(N)nc2c1ncn2C1OC(COP2(=O)NC(C(=O)O[C@H](C)c3ccccc3)CCS2)[C@@H](O)[C@@]1(C)O. The number of aliphatic hydroxyl groups is 2.